The van der Waals surface area contributed by atoms with Gasteiger partial charge < -0.3 is 15.0 Å². The van der Waals surface area contributed by atoms with Crippen LogP contribution in [0, 0.1) is 5.82 Å². The first kappa shape index (κ1) is 12.4. The Kier molecular flexibility index (Phi) is 3.14. The van der Waals surface area contributed by atoms with Crippen LogP contribution in [-0.4, -0.2) is 42.6 Å². The van der Waals surface area contributed by atoms with Gasteiger partial charge in [-0.25, -0.2) is 4.39 Å². The van der Waals surface area contributed by atoms with E-state index in [4.69, 9.17) is 4.74 Å². The van der Waals surface area contributed by atoms with Crippen LogP contribution >= 0.6 is 0 Å². The fourth-order valence-corrected chi connectivity index (χ4v) is 2.72. The second kappa shape index (κ2) is 4.81. The molecule has 0 bridgehead atoms. The van der Waals surface area contributed by atoms with Crippen molar-refractivity contribution >= 4 is 5.91 Å². The summed E-state index contributed by atoms with van der Waals surface area (Å²) in [6.45, 7) is 4.27. The van der Waals surface area contributed by atoms with Crippen molar-refractivity contribution in [3.8, 4) is 5.75 Å². The van der Waals surface area contributed by atoms with E-state index in [9.17, 15) is 9.18 Å². The van der Waals surface area contributed by atoms with Gasteiger partial charge in [0, 0.05) is 37.7 Å². The Balaban J connectivity index is 1.75. The SMILES string of the molecule is C[C@H]1CNCCN1C(=O)[C@@H]1Cc2cccc(F)c2O1. The Morgan fingerprint density at radius 1 is 1.53 bits per heavy atom. The van der Waals surface area contributed by atoms with Gasteiger partial charge in [-0.15, -0.1) is 0 Å². The number of para-hydroxylation sites is 1. The Hall–Kier alpha value is -1.62. The van der Waals surface area contributed by atoms with Gasteiger partial charge in [-0.05, 0) is 13.0 Å². The quantitative estimate of drug-likeness (QED) is 0.821. The Morgan fingerprint density at radius 2 is 2.37 bits per heavy atom. The minimum Gasteiger partial charge on any atom is -0.477 e. The van der Waals surface area contributed by atoms with Crippen molar-refractivity contribution in [3.63, 3.8) is 0 Å². The van der Waals surface area contributed by atoms with Gasteiger partial charge in [0.25, 0.3) is 5.91 Å². The Labute approximate surface area is 111 Å². The van der Waals surface area contributed by atoms with Gasteiger partial charge in [-0.3, -0.25) is 4.79 Å². The average Bonchev–Trinajstić information content (AvgIpc) is 2.84. The molecule has 1 aromatic carbocycles. The predicted molar refractivity (Wildman–Crippen MR) is 68.6 cm³/mol. The summed E-state index contributed by atoms with van der Waals surface area (Å²) in [4.78, 5) is 14.3. The van der Waals surface area contributed by atoms with Crippen LogP contribution in [0.15, 0.2) is 18.2 Å². The first-order valence-corrected chi connectivity index (χ1v) is 6.62. The molecule has 102 valence electrons. The maximum absolute atomic E-state index is 13.6. The van der Waals surface area contributed by atoms with Gasteiger partial charge in [0.05, 0.1) is 0 Å². The molecule has 4 nitrogen and oxygen atoms in total. The number of piperazine rings is 1. The van der Waals surface area contributed by atoms with Gasteiger partial charge in [0.1, 0.15) is 0 Å². The molecule has 2 atom stereocenters. The minimum atomic E-state index is -0.576. The monoisotopic (exact) mass is 264 g/mol. The second-order valence-corrected chi connectivity index (χ2v) is 5.12. The molecule has 0 radical (unpaired) electrons. The van der Waals surface area contributed by atoms with Crippen molar-refractivity contribution in [2.24, 2.45) is 0 Å². The molecule has 2 aliphatic heterocycles. The lowest BCUT2D eigenvalue weighted by Gasteiger charge is -2.35. The van der Waals surface area contributed by atoms with Crippen LogP contribution in [0.2, 0.25) is 0 Å². The summed E-state index contributed by atoms with van der Waals surface area (Å²) >= 11 is 0. The average molecular weight is 264 g/mol. The van der Waals surface area contributed by atoms with Crippen LogP contribution in [0.5, 0.6) is 5.75 Å². The van der Waals surface area contributed by atoms with Crippen LogP contribution in [0.1, 0.15) is 12.5 Å². The minimum absolute atomic E-state index is 0.0374. The number of halogens is 1. The summed E-state index contributed by atoms with van der Waals surface area (Å²) in [5, 5.41) is 3.24. The number of hydrogen-bond acceptors (Lipinski definition) is 3. The van der Waals surface area contributed by atoms with Crippen LogP contribution < -0.4 is 10.1 Å². The zero-order chi connectivity index (χ0) is 13.4. The molecule has 19 heavy (non-hydrogen) atoms. The van der Waals surface area contributed by atoms with Gasteiger partial charge in [0.2, 0.25) is 0 Å². The summed E-state index contributed by atoms with van der Waals surface area (Å²) < 4.78 is 19.1. The number of nitrogens with zero attached hydrogens (tertiary/aromatic N) is 1. The normalized spacial score (nSPS) is 25.9. The van der Waals surface area contributed by atoms with Crippen LogP contribution in [0.25, 0.3) is 0 Å². The van der Waals surface area contributed by atoms with E-state index >= 15 is 0 Å². The third-order valence-electron chi connectivity index (χ3n) is 3.77. The highest BCUT2D eigenvalue weighted by Crippen LogP contribution is 2.32. The highest BCUT2D eigenvalue weighted by atomic mass is 19.1. The molecule has 1 N–H and O–H groups in total. The Bertz CT molecular complexity index is 506. The summed E-state index contributed by atoms with van der Waals surface area (Å²) in [6, 6.07) is 4.97. The summed E-state index contributed by atoms with van der Waals surface area (Å²) in [5.41, 5.74) is 0.779. The predicted octanol–water partition coefficient (Wildman–Crippen LogP) is 0.950. The summed E-state index contributed by atoms with van der Waals surface area (Å²) in [5.74, 6) is -0.186. The maximum atomic E-state index is 13.6. The van der Waals surface area contributed by atoms with E-state index in [-0.39, 0.29) is 23.5 Å². The summed E-state index contributed by atoms with van der Waals surface area (Å²) in [7, 11) is 0. The van der Waals surface area contributed by atoms with Crippen molar-refractivity contribution < 1.29 is 13.9 Å². The van der Waals surface area contributed by atoms with E-state index in [1.807, 2.05) is 17.9 Å². The molecule has 0 aromatic heterocycles. The number of hydrogen-bond donors (Lipinski definition) is 1. The molecule has 1 fully saturated rings. The molecule has 5 heteroatoms. The number of rotatable bonds is 1. The number of ether oxygens (including phenoxy) is 1. The number of fused-ring (bicyclic) bond motifs is 1. The molecule has 1 saturated heterocycles. The van der Waals surface area contributed by atoms with Crippen LogP contribution in [0.4, 0.5) is 4.39 Å². The molecular formula is C14H17FN2O2. The number of amides is 1. The van der Waals surface area contributed by atoms with E-state index in [1.54, 1.807) is 6.07 Å². The molecule has 0 aliphatic carbocycles. The van der Waals surface area contributed by atoms with Gasteiger partial charge in [0.15, 0.2) is 17.7 Å². The molecule has 0 saturated carbocycles. The van der Waals surface area contributed by atoms with Gasteiger partial charge in [-0.1, -0.05) is 12.1 Å². The van der Waals surface area contributed by atoms with Crippen LogP contribution in [-0.2, 0) is 11.2 Å². The lowest BCUT2D eigenvalue weighted by Crippen LogP contribution is -2.55. The van der Waals surface area contributed by atoms with E-state index in [2.05, 4.69) is 5.32 Å². The Morgan fingerprint density at radius 3 is 3.11 bits per heavy atom. The second-order valence-electron chi connectivity index (χ2n) is 5.12. The third kappa shape index (κ3) is 2.18. The molecular weight excluding hydrogens is 247 g/mol. The summed E-state index contributed by atoms with van der Waals surface area (Å²) in [6.07, 6.45) is -0.116. The zero-order valence-electron chi connectivity index (χ0n) is 10.9. The van der Waals surface area contributed by atoms with Crippen LogP contribution in [0.3, 0.4) is 0 Å². The molecule has 1 aromatic rings. The first-order valence-electron chi connectivity index (χ1n) is 6.62. The van der Waals surface area contributed by atoms with Crippen molar-refractivity contribution in [1.82, 2.24) is 10.2 Å². The number of carbonyl (C=O) groups excluding carboxylic acids is 1. The number of benzene rings is 1. The van der Waals surface area contributed by atoms with Crippen molar-refractivity contribution in [2.45, 2.75) is 25.5 Å². The highest BCUT2D eigenvalue weighted by Gasteiger charge is 2.36. The molecule has 2 aliphatic rings. The van der Waals surface area contributed by atoms with E-state index in [0.29, 0.717) is 13.0 Å². The lowest BCUT2D eigenvalue weighted by atomic mass is 10.1. The largest absolute Gasteiger partial charge is 0.477 e. The molecule has 3 rings (SSSR count). The molecule has 0 unspecified atom stereocenters. The van der Waals surface area contributed by atoms with Gasteiger partial charge >= 0.3 is 0 Å². The van der Waals surface area contributed by atoms with Gasteiger partial charge in [-0.2, -0.15) is 0 Å². The lowest BCUT2D eigenvalue weighted by molar-refractivity contribution is -0.140. The fourth-order valence-electron chi connectivity index (χ4n) is 2.72. The maximum Gasteiger partial charge on any atom is 0.264 e. The van der Waals surface area contributed by atoms with Crippen molar-refractivity contribution in [2.75, 3.05) is 19.6 Å². The molecule has 1 amide bonds. The van der Waals surface area contributed by atoms with Crippen molar-refractivity contribution in [3.05, 3.63) is 29.6 Å². The van der Waals surface area contributed by atoms with E-state index < -0.39 is 6.10 Å². The fraction of sp³-hybridized carbons (Fsp3) is 0.500. The van der Waals surface area contributed by atoms with E-state index in [0.717, 1.165) is 18.7 Å². The molecule has 0 spiro atoms. The number of nitrogens with one attached hydrogen (secondary N) is 1. The standard InChI is InChI=1S/C14H17FN2O2/c1-9-8-16-5-6-17(9)14(18)12-7-10-3-2-4-11(15)13(10)19-12/h2-4,9,12,16H,5-8H2,1H3/t9-,12-/m0/s1. The third-order valence-corrected chi connectivity index (χ3v) is 3.77. The smallest absolute Gasteiger partial charge is 0.264 e. The van der Waals surface area contributed by atoms with E-state index in [1.165, 1.54) is 6.07 Å². The highest BCUT2D eigenvalue weighted by molar-refractivity contribution is 5.83. The topological polar surface area (TPSA) is 41.6 Å². The number of carbonyl (C=O) groups is 1. The first-order chi connectivity index (χ1) is 9.16. The van der Waals surface area contributed by atoms with Crippen molar-refractivity contribution in [1.29, 1.82) is 0 Å². The zero-order valence-corrected chi connectivity index (χ0v) is 10.9. The molecule has 2 heterocycles.